The number of nitrogens with one attached hydrogen (secondary N) is 2. The summed E-state index contributed by atoms with van der Waals surface area (Å²) in [6, 6.07) is 15.3. The van der Waals surface area contributed by atoms with Crippen LogP contribution in [0.15, 0.2) is 72.3 Å². The molecule has 0 spiro atoms. The molecule has 0 amide bonds. The summed E-state index contributed by atoms with van der Waals surface area (Å²) < 4.78 is 5.91. The molecule has 3 heterocycles. The Bertz CT molecular complexity index is 1420. The van der Waals surface area contributed by atoms with Crippen LogP contribution in [0, 0.1) is 4.91 Å². The third kappa shape index (κ3) is 3.67. The Kier molecular flexibility index (Phi) is 5.04. The Morgan fingerprint density at radius 2 is 1.94 bits per heavy atom. The second kappa shape index (κ2) is 8.16. The molecule has 8 heteroatoms. The summed E-state index contributed by atoms with van der Waals surface area (Å²) in [6.07, 6.45) is 6.03. The highest BCUT2D eigenvalue weighted by Gasteiger charge is 2.13. The standard InChI is InChI=1S/C24H21N5O3/c25-17(7-16-11-27-21-4-2-1-3-19(16)21)13-32-18-8-15(10-26-12-18)14-5-6-22-20(9-14)23(29-31)24(30)28-22/h1-6,8-12,17,27-28,30H,7,13,25H2/t17-/m1/s1. The maximum Gasteiger partial charge on any atom is 0.219 e. The van der Waals surface area contributed by atoms with E-state index in [4.69, 9.17) is 10.5 Å². The molecule has 0 aliphatic carbocycles. The molecule has 0 saturated heterocycles. The molecule has 5 rings (SSSR count). The van der Waals surface area contributed by atoms with Crippen molar-refractivity contribution in [3.63, 3.8) is 0 Å². The van der Waals surface area contributed by atoms with Gasteiger partial charge in [0.1, 0.15) is 12.4 Å². The molecule has 5 aromatic rings. The van der Waals surface area contributed by atoms with Gasteiger partial charge >= 0.3 is 0 Å². The van der Waals surface area contributed by atoms with E-state index in [2.05, 4.69) is 26.2 Å². The normalized spacial score (nSPS) is 12.3. The molecule has 32 heavy (non-hydrogen) atoms. The van der Waals surface area contributed by atoms with Gasteiger partial charge in [0.2, 0.25) is 5.88 Å². The molecule has 8 nitrogen and oxygen atoms in total. The van der Waals surface area contributed by atoms with Gasteiger partial charge in [0.25, 0.3) is 0 Å². The monoisotopic (exact) mass is 427 g/mol. The highest BCUT2D eigenvalue weighted by molar-refractivity contribution is 5.97. The Morgan fingerprint density at radius 3 is 2.81 bits per heavy atom. The van der Waals surface area contributed by atoms with E-state index in [1.54, 1.807) is 24.5 Å². The van der Waals surface area contributed by atoms with E-state index in [1.165, 1.54) is 5.39 Å². The van der Waals surface area contributed by atoms with E-state index in [1.807, 2.05) is 36.5 Å². The molecule has 3 aromatic heterocycles. The summed E-state index contributed by atoms with van der Waals surface area (Å²) in [5, 5.41) is 14.4. The molecule has 2 aromatic carbocycles. The minimum atomic E-state index is -0.244. The molecule has 0 unspecified atom stereocenters. The van der Waals surface area contributed by atoms with Crippen LogP contribution in [-0.4, -0.2) is 32.7 Å². The molecular weight excluding hydrogens is 406 g/mol. The minimum Gasteiger partial charge on any atom is -0.493 e. The first-order valence-corrected chi connectivity index (χ1v) is 10.2. The molecule has 0 aliphatic heterocycles. The number of ether oxygens (including phenoxy) is 1. The van der Waals surface area contributed by atoms with Crippen LogP contribution >= 0.6 is 0 Å². The summed E-state index contributed by atoms with van der Waals surface area (Å²) >= 11 is 0. The molecule has 0 aliphatic rings. The first-order valence-electron chi connectivity index (χ1n) is 10.2. The number of pyridine rings is 1. The lowest BCUT2D eigenvalue weighted by Gasteiger charge is -2.13. The fourth-order valence-electron chi connectivity index (χ4n) is 3.94. The molecule has 0 radical (unpaired) electrons. The zero-order valence-electron chi connectivity index (χ0n) is 17.1. The molecule has 0 saturated carbocycles. The van der Waals surface area contributed by atoms with E-state index in [0.29, 0.717) is 29.7 Å². The van der Waals surface area contributed by atoms with Crippen LogP contribution in [0.4, 0.5) is 5.69 Å². The van der Waals surface area contributed by atoms with E-state index in [-0.39, 0.29) is 17.6 Å². The number of aromatic hydroxyl groups is 1. The number of rotatable bonds is 7. The molecular formula is C24H21N5O3. The van der Waals surface area contributed by atoms with Crippen molar-refractivity contribution in [3.05, 3.63) is 77.6 Å². The van der Waals surface area contributed by atoms with Gasteiger partial charge in [-0.15, -0.1) is 4.91 Å². The maximum absolute atomic E-state index is 11.1. The zero-order chi connectivity index (χ0) is 22.1. The van der Waals surface area contributed by atoms with E-state index >= 15 is 0 Å². The Hall–Kier alpha value is -4.17. The second-order valence-corrected chi connectivity index (χ2v) is 7.72. The zero-order valence-corrected chi connectivity index (χ0v) is 17.1. The van der Waals surface area contributed by atoms with Crippen LogP contribution in [0.2, 0.25) is 0 Å². The Labute approximate surface area is 183 Å². The molecule has 0 bridgehead atoms. The van der Waals surface area contributed by atoms with Crippen molar-refractivity contribution in [1.82, 2.24) is 15.0 Å². The number of para-hydroxylation sites is 1. The fraction of sp³-hybridized carbons (Fsp3) is 0.125. The van der Waals surface area contributed by atoms with Gasteiger partial charge in [-0.1, -0.05) is 24.3 Å². The first-order chi connectivity index (χ1) is 15.6. The average Bonchev–Trinajstić information content (AvgIpc) is 3.37. The summed E-state index contributed by atoms with van der Waals surface area (Å²) in [4.78, 5) is 21.3. The van der Waals surface area contributed by atoms with Crippen LogP contribution in [0.25, 0.3) is 32.9 Å². The van der Waals surface area contributed by atoms with Crippen LogP contribution in [0.1, 0.15) is 5.56 Å². The summed E-state index contributed by atoms with van der Waals surface area (Å²) in [5.41, 5.74) is 10.8. The summed E-state index contributed by atoms with van der Waals surface area (Å²) in [5.74, 6) is 0.356. The second-order valence-electron chi connectivity index (χ2n) is 7.72. The van der Waals surface area contributed by atoms with Gasteiger partial charge in [-0.25, -0.2) is 0 Å². The molecule has 160 valence electrons. The van der Waals surface area contributed by atoms with E-state index < -0.39 is 0 Å². The number of hydrogen-bond acceptors (Lipinski definition) is 6. The highest BCUT2D eigenvalue weighted by atomic mass is 16.5. The Balaban J connectivity index is 1.31. The van der Waals surface area contributed by atoms with Crippen LogP contribution in [0.3, 0.4) is 0 Å². The minimum absolute atomic E-state index is 0.00883. The number of nitrogens with zero attached hydrogens (tertiary/aromatic N) is 2. The van der Waals surface area contributed by atoms with Crippen molar-refractivity contribution < 1.29 is 9.84 Å². The van der Waals surface area contributed by atoms with Crippen molar-refractivity contribution in [3.8, 4) is 22.8 Å². The lowest BCUT2D eigenvalue weighted by Crippen LogP contribution is -2.30. The van der Waals surface area contributed by atoms with Crippen molar-refractivity contribution in [2.75, 3.05) is 6.61 Å². The summed E-state index contributed by atoms with van der Waals surface area (Å²) in [6.45, 7) is 0.342. The van der Waals surface area contributed by atoms with Crippen molar-refractivity contribution in [2.45, 2.75) is 12.5 Å². The van der Waals surface area contributed by atoms with Crippen LogP contribution in [0.5, 0.6) is 11.6 Å². The number of aromatic amines is 2. The molecule has 0 fully saturated rings. The SMILES string of the molecule is N[C@@H](COc1cncc(-c2ccc3[nH]c(O)c(N=O)c3c2)c1)Cc1c[nH]c2ccccc12. The number of nitroso groups, excluding NO2 is 1. The van der Waals surface area contributed by atoms with Gasteiger partial charge < -0.3 is 25.5 Å². The van der Waals surface area contributed by atoms with Crippen molar-refractivity contribution in [2.24, 2.45) is 10.9 Å². The van der Waals surface area contributed by atoms with Gasteiger partial charge in [-0.3, -0.25) is 4.98 Å². The van der Waals surface area contributed by atoms with Crippen molar-refractivity contribution >= 4 is 27.5 Å². The van der Waals surface area contributed by atoms with Gasteiger partial charge in [-0.05, 0) is 47.0 Å². The number of benzene rings is 2. The summed E-state index contributed by atoms with van der Waals surface area (Å²) in [7, 11) is 0. The number of aromatic nitrogens is 3. The average molecular weight is 427 g/mol. The number of nitrogens with two attached hydrogens (primary N) is 1. The van der Waals surface area contributed by atoms with Crippen LogP contribution < -0.4 is 10.5 Å². The maximum atomic E-state index is 11.1. The fourth-order valence-corrected chi connectivity index (χ4v) is 3.94. The highest BCUT2D eigenvalue weighted by Crippen LogP contribution is 2.37. The van der Waals surface area contributed by atoms with E-state index in [9.17, 15) is 10.0 Å². The molecule has 1 atom stereocenters. The van der Waals surface area contributed by atoms with Gasteiger partial charge in [0.15, 0.2) is 5.69 Å². The number of fused-ring (bicyclic) bond motifs is 2. The van der Waals surface area contributed by atoms with Gasteiger partial charge in [0.05, 0.1) is 11.7 Å². The Morgan fingerprint density at radius 1 is 1.06 bits per heavy atom. The van der Waals surface area contributed by atoms with Gasteiger partial charge in [-0.2, -0.15) is 0 Å². The predicted octanol–water partition coefficient (Wildman–Crippen LogP) is 4.76. The molecule has 5 N–H and O–H groups in total. The lowest BCUT2D eigenvalue weighted by atomic mass is 10.1. The van der Waals surface area contributed by atoms with Gasteiger partial charge in [0, 0.05) is 40.3 Å². The lowest BCUT2D eigenvalue weighted by molar-refractivity contribution is 0.287. The largest absolute Gasteiger partial charge is 0.493 e. The quantitative estimate of drug-likeness (QED) is 0.278. The number of hydrogen-bond donors (Lipinski definition) is 4. The van der Waals surface area contributed by atoms with Crippen LogP contribution in [-0.2, 0) is 6.42 Å². The predicted molar refractivity (Wildman–Crippen MR) is 124 cm³/mol. The third-order valence-corrected chi connectivity index (χ3v) is 5.51. The third-order valence-electron chi connectivity index (χ3n) is 5.51. The first kappa shape index (κ1) is 19.8. The number of H-pyrrole nitrogens is 2. The van der Waals surface area contributed by atoms with Crippen molar-refractivity contribution in [1.29, 1.82) is 0 Å². The topological polar surface area (TPSA) is 129 Å². The smallest absolute Gasteiger partial charge is 0.219 e. The van der Waals surface area contributed by atoms with E-state index in [0.717, 1.165) is 22.2 Å².